The molecular formula is C4H9ClN2O2. The fourth-order valence-electron chi connectivity index (χ4n) is 0.318. The van der Waals surface area contributed by atoms with Gasteiger partial charge in [0.2, 0.25) is 0 Å². The summed E-state index contributed by atoms with van der Waals surface area (Å²) in [4.78, 5) is 12.5. The zero-order chi connectivity index (χ0) is 7.11. The first-order valence-corrected chi connectivity index (χ1v) is 2.93. The van der Waals surface area contributed by atoms with Crippen molar-refractivity contribution in [3.63, 3.8) is 0 Å². The molecule has 0 fully saturated rings. The van der Waals surface area contributed by atoms with Gasteiger partial charge in [0.05, 0.1) is 6.61 Å². The summed E-state index contributed by atoms with van der Waals surface area (Å²) in [6.07, 6.45) is 0. The van der Waals surface area contributed by atoms with Crippen LogP contribution in [0.2, 0.25) is 0 Å². The molecule has 0 aromatic rings. The Balaban J connectivity index is 3.06. The number of hydrazine groups is 1. The van der Waals surface area contributed by atoms with Crippen molar-refractivity contribution in [2.24, 2.45) is 0 Å². The van der Waals surface area contributed by atoms with Gasteiger partial charge in [0, 0.05) is 0 Å². The van der Waals surface area contributed by atoms with Gasteiger partial charge in [0.25, 0.3) is 0 Å². The number of esters is 1. The lowest BCUT2D eigenvalue weighted by Crippen LogP contribution is -2.30. The quantitative estimate of drug-likeness (QED) is 0.333. The molecule has 0 spiro atoms. The van der Waals surface area contributed by atoms with E-state index >= 15 is 0 Å². The highest BCUT2D eigenvalue weighted by Gasteiger charge is 1.96. The number of hydrogen-bond acceptors (Lipinski definition) is 4. The van der Waals surface area contributed by atoms with Crippen LogP contribution in [0.4, 0.5) is 0 Å². The van der Waals surface area contributed by atoms with Crippen molar-refractivity contribution in [1.29, 1.82) is 0 Å². The van der Waals surface area contributed by atoms with Gasteiger partial charge in [-0.05, 0) is 18.7 Å². The van der Waals surface area contributed by atoms with Gasteiger partial charge >= 0.3 is 5.97 Å². The number of carbonyl (C=O) groups excluding carboxylic acids is 1. The number of halogens is 1. The van der Waals surface area contributed by atoms with Crippen LogP contribution in [0, 0.1) is 0 Å². The molecule has 0 aromatic heterocycles. The van der Waals surface area contributed by atoms with Gasteiger partial charge < -0.3 is 4.74 Å². The summed E-state index contributed by atoms with van der Waals surface area (Å²) < 4.78 is 4.54. The van der Waals surface area contributed by atoms with Crippen LogP contribution in [0.15, 0.2) is 0 Å². The Hall–Kier alpha value is -0.320. The maximum atomic E-state index is 10.4. The minimum absolute atomic E-state index is 0.0807. The largest absolute Gasteiger partial charge is 0.465 e. The fraction of sp³-hybridized carbons (Fsp3) is 0.750. The highest BCUT2D eigenvalue weighted by atomic mass is 35.5. The van der Waals surface area contributed by atoms with Crippen LogP contribution in [0.5, 0.6) is 0 Å². The lowest BCUT2D eigenvalue weighted by molar-refractivity contribution is -0.142. The molecule has 0 aliphatic carbocycles. The van der Waals surface area contributed by atoms with E-state index in [1.165, 1.54) is 0 Å². The van der Waals surface area contributed by atoms with Crippen LogP contribution in [0.3, 0.4) is 0 Å². The summed E-state index contributed by atoms with van der Waals surface area (Å²) >= 11 is 4.98. The number of rotatable bonds is 4. The van der Waals surface area contributed by atoms with E-state index < -0.39 is 0 Å². The van der Waals surface area contributed by atoms with E-state index in [1.807, 2.05) is 0 Å². The molecule has 9 heavy (non-hydrogen) atoms. The van der Waals surface area contributed by atoms with Crippen LogP contribution in [0.25, 0.3) is 0 Å². The van der Waals surface area contributed by atoms with Crippen LogP contribution < -0.4 is 10.4 Å². The van der Waals surface area contributed by atoms with Gasteiger partial charge in [-0.1, -0.05) is 0 Å². The second kappa shape index (κ2) is 5.81. The molecule has 0 amide bonds. The van der Waals surface area contributed by atoms with Gasteiger partial charge in [0.1, 0.15) is 6.54 Å². The Morgan fingerprint density at radius 2 is 2.44 bits per heavy atom. The second-order valence-corrected chi connectivity index (χ2v) is 1.44. The topological polar surface area (TPSA) is 50.4 Å². The van der Waals surface area contributed by atoms with Crippen LogP contribution in [-0.2, 0) is 9.53 Å². The molecule has 54 valence electrons. The van der Waals surface area contributed by atoms with Crippen LogP contribution in [0.1, 0.15) is 6.92 Å². The SMILES string of the molecule is CCOC(=O)CNNCl. The van der Waals surface area contributed by atoms with Gasteiger partial charge in [0.15, 0.2) is 0 Å². The summed E-state index contributed by atoms with van der Waals surface area (Å²) in [5.41, 5.74) is 2.37. The van der Waals surface area contributed by atoms with Crippen molar-refractivity contribution < 1.29 is 9.53 Å². The van der Waals surface area contributed by atoms with E-state index in [-0.39, 0.29) is 12.5 Å². The second-order valence-electron chi connectivity index (χ2n) is 1.25. The predicted molar refractivity (Wildman–Crippen MR) is 33.6 cm³/mol. The van der Waals surface area contributed by atoms with Gasteiger partial charge in [-0.3, -0.25) is 4.79 Å². The minimum Gasteiger partial charge on any atom is -0.465 e. The standard InChI is InChI=1S/C4H9ClN2O2/c1-2-9-4(8)3-6-7-5/h6-7H,2-3H2,1H3. The van der Waals surface area contributed by atoms with E-state index in [0.717, 1.165) is 0 Å². The smallest absolute Gasteiger partial charge is 0.321 e. The maximum absolute atomic E-state index is 10.4. The highest BCUT2D eigenvalue weighted by Crippen LogP contribution is 1.72. The van der Waals surface area contributed by atoms with E-state index in [4.69, 9.17) is 11.8 Å². The van der Waals surface area contributed by atoms with Crippen molar-refractivity contribution in [2.45, 2.75) is 6.92 Å². The molecular weight excluding hydrogens is 144 g/mol. The van der Waals surface area contributed by atoms with E-state index in [2.05, 4.69) is 15.1 Å². The summed E-state index contributed by atoms with van der Waals surface area (Å²) in [5.74, 6) is -0.328. The Morgan fingerprint density at radius 3 is 2.89 bits per heavy atom. The normalized spacial score (nSPS) is 9.11. The van der Waals surface area contributed by atoms with Gasteiger partial charge in [-0.25, -0.2) is 5.43 Å². The summed E-state index contributed by atoms with van der Waals surface area (Å²) in [7, 11) is 0. The molecule has 5 heteroatoms. The van der Waals surface area contributed by atoms with Crippen molar-refractivity contribution in [2.75, 3.05) is 13.2 Å². The molecule has 0 saturated heterocycles. The molecule has 0 atom stereocenters. The first kappa shape index (κ1) is 8.68. The van der Waals surface area contributed by atoms with Gasteiger partial charge in [-0.2, -0.15) is 4.94 Å². The third-order valence-corrected chi connectivity index (χ3v) is 0.738. The molecule has 0 unspecified atom stereocenters. The zero-order valence-electron chi connectivity index (χ0n) is 5.11. The average Bonchev–Trinajstić information content (AvgIpc) is 1.85. The van der Waals surface area contributed by atoms with Crippen molar-refractivity contribution in [3.8, 4) is 0 Å². The zero-order valence-corrected chi connectivity index (χ0v) is 5.86. The van der Waals surface area contributed by atoms with Crippen LogP contribution >= 0.6 is 11.8 Å². The summed E-state index contributed by atoms with van der Waals surface area (Å²) in [5, 5.41) is 0. The van der Waals surface area contributed by atoms with Crippen molar-refractivity contribution in [3.05, 3.63) is 0 Å². The lowest BCUT2D eigenvalue weighted by Gasteiger charge is -1.99. The first-order valence-electron chi connectivity index (χ1n) is 2.55. The van der Waals surface area contributed by atoms with Crippen molar-refractivity contribution >= 4 is 17.7 Å². The Labute approximate surface area is 58.6 Å². The number of carbonyl (C=O) groups is 1. The van der Waals surface area contributed by atoms with E-state index in [1.54, 1.807) is 6.92 Å². The third-order valence-electron chi connectivity index (χ3n) is 0.605. The number of ether oxygens (including phenoxy) is 1. The number of nitrogens with one attached hydrogen (secondary N) is 2. The molecule has 0 aliphatic heterocycles. The molecule has 0 heterocycles. The maximum Gasteiger partial charge on any atom is 0.321 e. The van der Waals surface area contributed by atoms with Crippen molar-refractivity contribution in [1.82, 2.24) is 10.4 Å². The fourth-order valence-corrected chi connectivity index (χ4v) is 0.384. The molecule has 0 bridgehead atoms. The monoisotopic (exact) mass is 152 g/mol. The predicted octanol–water partition coefficient (Wildman–Crippen LogP) is -0.203. The first-order chi connectivity index (χ1) is 4.31. The molecule has 0 aromatic carbocycles. The summed E-state index contributed by atoms with van der Waals surface area (Å²) in [6, 6.07) is 0. The third kappa shape index (κ3) is 5.55. The molecule has 4 nitrogen and oxygen atoms in total. The molecule has 0 rings (SSSR count). The average molecular weight is 153 g/mol. The Kier molecular flexibility index (Phi) is 5.60. The highest BCUT2D eigenvalue weighted by molar-refractivity contribution is 6.13. The molecule has 0 aliphatic rings. The van der Waals surface area contributed by atoms with Crippen LogP contribution in [-0.4, -0.2) is 19.1 Å². The molecule has 2 N–H and O–H groups in total. The molecule has 0 saturated carbocycles. The number of hydrogen-bond donors (Lipinski definition) is 2. The minimum atomic E-state index is -0.328. The van der Waals surface area contributed by atoms with E-state index in [9.17, 15) is 4.79 Å². The van der Waals surface area contributed by atoms with Gasteiger partial charge in [-0.15, -0.1) is 0 Å². The molecule has 0 radical (unpaired) electrons. The lowest BCUT2D eigenvalue weighted by atomic mass is 10.7. The summed E-state index contributed by atoms with van der Waals surface area (Å²) in [6.45, 7) is 2.21. The van der Waals surface area contributed by atoms with E-state index in [0.29, 0.717) is 6.61 Å². The Morgan fingerprint density at radius 1 is 1.78 bits per heavy atom. The Bertz CT molecular complexity index is 88.6.